The quantitative estimate of drug-likeness (QED) is 0.720. The summed E-state index contributed by atoms with van der Waals surface area (Å²) in [6.07, 6.45) is 2.27. The molecule has 0 aromatic heterocycles. The summed E-state index contributed by atoms with van der Waals surface area (Å²) in [4.78, 5) is 0.195. The maximum Gasteiger partial charge on any atom is 0.264 e. The molecule has 2 N–H and O–H groups in total. The van der Waals surface area contributed by atoms with Gasteiger partial charge in [0, 0.05) is 25.9 Å². The summed E-state index contributed by atoms with van der Waals surface area (Å²) in [7, 11) is -2.13. The van der Waals surface area contributed by atoms with Crippen molar-refractivity contribution in [3.63, 3.8) is 0 Å². The number of benzene rings is 2. The second kappa shape index (κ2) is 8.69. The Kier molecular flexibility index (Phi) is 6.30. The van der Waals surface area contributed by atoms with Crippen molar-refractivity contribution in [3.05, 3.63) is 54.6 Å². The maximum atomic E-state index is 12.9. The molecule has 0 aliphatic carbocycles. The number of anilines is 2. The molecule has 1 aliphatic heterocycles. The molecule has 0 spiro atoms. The second-order valence-corrected chi connectivity index (χ2v) is 8.68. The number of thiocarbonyl (C=S) groups is 1. The fourth-order valence-corrected chi connectivity index (χ4v) is 4.30. The Balaban J connectivity index is 1.68. The van der Waals surface area contributed by atoms with Crippen LogP contribution in [0.25, 0.3) is 0 Å². The van der Waals surface area contributed by atoms with Crippen LogP contribution in [0.2, 0.25) is 0 Å². The van der Waals surface area contributed by atoms with Gasteiger partial charge in [-0.3, -0.25) is 4.31 Å². The van der Waals surface area contributed by atoms with Crippen LogP contribution in [0, 0.1) is 0 Å². The lowest BCUT2D eigenvalue weighted by Crippen LogP contribution is -2.34. The van der Waals surface area contributed by atoms with Crippen molar-refractivity contribution in [2.75, 3.05) is 29.8 Å². The van der Waals surface area contributed by atoms with E-state index in [0.29, 0.717) is 23.0 Å². The molecule has 1 fully saturated rings. The van der Waals surface area contributed by atoms with Gasteiger partial charge in [0.05, 0.1) is 16.7 Å². The van der Waals surface area contributed by atoms with E-state index in [4.69, 9.17) is 17.0 Å². The fraction of sp³-hybridized carbons (Fsp3) is 0.316. The van der Waals surface area contributed by atoms with Gasteiger partial charge in [0.2, 0.25) is 0 Å². The minimum Gasteiger partial charge on any atom is -0.376 e. The molecule has 0 unspecified atom stereocenters. The highest BCUT2D eigenvalue weighted by molar-refractivity contribution is 7.92. The van der Waals surface area contributed by atoms with Gasteiger partial charge in [0.1, 0.15) is 0 Å². The lowest BCUT2D eigenvalue weighted by molar-refractivity contribution is 0.114. The molecule has 6 nitrogen and oxygen atoms in total. The summed E-state index contributed by atoms with van der Waals surface area (Å²) in [5.41, 5.74) is 1.21. The number of rotatable bonds is 6. The average molecular weight is 406 g/mol. The fourth-order valence-electron chi connectivity index (χ4n) is 2.86. The van der Waals surface area contributed by atoms with Crippen LogP contribution in [0.3, 0.4) is 0 Å². The van der Waals surface area contributed by atoms with Crippen molar-refractivity contribution < 1.29 is 13.2 Å². The van der Waals surface area contributed by atoms with Gasteiger partial charge in [-0.25, -0.2) is 8.42 Å². The van der Waals surface area contributed by atoms with Crippen molar-refractivity contribution in [2.24, 2.45) is 0 Å². The highest BCUT2D eigenvalue weighted by Crippen LogP contribution is 2.23. The predicted molar refractivity (Wildman–Crippen MR) is 112 cm³/mol. The molecule has 8 heteroatoms. The van der Waals surface area contributed by atoms with E-state index in [9.17, 15) is 8.42 Å². The van der Waals surface area contributed by atoms with Gasteiger partial charge in [0.25, 0.3) is 10.0 Å². The van der Waals surface area contributed by atoms with Crippen LogP contribution in [0.4, 0.5) is 11.4 Å². The molecule has 1 atom stereocenters. The molecular formula is C19H23N3O3S2. The monoisotopic (exact) mass is 405 g/mol. The Morgan fingerprint density at radius 2 is 2.00 bits per heavy atom. The molecule has 0 radical (unpaired) electrons. The third-order valence-electron chi connectivity index (χ3n) is 4.38. The van der Waals surface area contributed by atoms with Crippen molar-refractivity contribution in [1.29, 1.82) is 0 Å². The lowest BCUT2D eigenvalue weighted by atomic mass is 10.2. The first-order chi connectivity index (χ1) is 13.0. The molecule has 1 saturated heterocycles. The molecule has 2 aromatic rings. The van der Waals surface area contributed by atoms with Crippen LogP contribution >= 0.6 is 12.2 Å². The van der Waals surface area contributed by atoms with Gasteiger partial charge >= 0.3 is 0 Å². The molecule has 1 aliphatic rings. The smallest absolute Gasteiger partial charge is 0.264 e. The summed E-state index contributed by atoms with van der Waals surface area (Å²) >= 11 is 5.30. The van der Waals surface area contributed by atoms with Gasteiger partial charge in [-0.15, -0.1) is 0 Å². The van der Waals surface area contributed by atoms with Crippen LogP contribution in [-0.2, 0) is 14.8 Å². The molecule has 0 saturated carbocycles. The molecule has 0 amide bonds. The molecule has 0 bridgehead atoms. The Hall–Kier alpha value is -2.16. The number of para-hydroxylation sites is 1. The third kappa shape index (κ3) is 4.97. The predicted octanol–water partition coefficient (Wildman–Crippen LogP) is 2.98. The standard InChI is InChI=1S/C19H23N3O3S2/c1-22(16-8-3-2-4-9-16)27(23,24)18-11-5-7-15(13-18)21-19(26)20-14-17-10-6-12-25-17/h2-5,7-9,11,13,17H,6,10,12,14H2,1H3,(H2,20,21,26)/t17-/m0/s1. The Labute approximate surface area is 165 Å². The average Bonchev–Trinajstić information content (AvgIpc) is 3.20. The first-order valence-electron chi connectivity index (χ1n) is 8.77. The molecule has 3 rings (SSSR count). The second-order valence-electron chi connectivity index (χ2n) is 6.31. The zero-order valence-electron chi connectivity index (χ0n) is 15.1. The van der Waals surface area contributed by atoms with Crippen LogP contribution in [0.15, 0.2) is 59.5 Å². The summed E-state index contributed by atoms with van der Waals surface area (Å²) in [6, 6.07) is 15.6. The zero-order chi connectivity index (χ0) is 19.3. The molecule has 1 heterocycles. The van der Waals surface area contributed by atoms with Gasteiger partial charge < -0.3 is 15.4 Å². The number of hydrogen-bond acceptors (Lipinski definition) is 4. The lowest BCUT2D eigenvalue weighted by Gasteiger charge is -2.20. The van der Waals surface area contributed by atoms with Gasteiger partial charge in [-0.05, 0) is 55.4 Å². The van der Waals surface area contributed by atoms with Crippen molar-refractivity contribution in [1.82, 2.24) is 5.32 Å². The molecule has 27 heavy (non-hydrogen) atoms. The summed E-state index contributed by atoms with van der Waals surface area (Å²) in [5.74, 6) is 0. The molecular weight excluding hydrogens is 382 g/mol. The SMILES string of the molecule is CN(c1ccccc1)S(=O)(=O)c1cccc(NC(=S)NC[C@@H]2CCCO2)c1. The van der Waals surface area contributed by atoms with E-state index in [1.54, 1.807) is 55.6 Å². The number of nitrogens with zero attached hydrogens (tertiary/aromatic N) is 1. The van der Waals surface area contributed by atoms with E-state index in [0.717, 1.165) is 19.4 Å². The Bertz CT molecular complexity index is 882. The minimum absolute atomic E-state index is 0.177. The van der Waals surface area contributed by atoms with Gasteiger partial charge in [-0.1, -0.05) is 24.3 Å². The zero-order valence-corrected chi connectivity index (χ0v) is 16.7. The number of sulfonamides is 1. The first kappa shape index (κ1) is 19.6. The van der Waals surface area contributed by atoms with E-state index < -0.39 is 10.0 Å². The topological polar surface area (TPSA) is 70.7 Å². The van der Waals surface area contributed by atoms with Crippen LogP contribution in [0.1, 0.15) is 12.8 Å². The highest BCUT2D eigenvalue weighted by atomic mass is 32.2. The Morgan fingerprint density at radius 1 is 1.22 bits per heavy atom. The van der Waals surface area contributed by atoms with E-state index >= 15 is 0 Å². The van der Waals surface area contributed by atoms with Crippen molar-refractivity contribution in [2.45, 2.75) is 23.8 Å². The van der Waals surface area contributed by atoms with E-state index in [2.05, 4.69) is 10.6 Å². The molecule has 144 valence electrons. The number of nitrogens with one attached hydrogen (secondary N) is 2. The minimum atomic E-state index is -3.67. The van der Waals surface area contributed by atoms with Crippen LogP contribution in [0.5, 0.6) is 0 Å². The van der Waals surface area contributed by atoms with Gasteiger partial charge in [0.15, 0.2) is 5.11 Å². The van der Waals surface area contributed by atoms with E-state index in [1.807, 2.05) is 6.07 Å². The summed E-state index contributed by atoms with van der Waals surface area (Å²) < 4.78 is 32.6. The number of hydrogen-bond donors (Lipinski definition) is 2. The first-order valence-corrected chi connectivity index (χ1v) is 10.6. The van der Waals surface area contributed by atoms with Crippen molar-refractivity contribution >= 4 is 38.7 Å². The summed E-state index contributed by atoms with van der Waals surface area (Å²) in [5, 5.41) is 6.60. The Morgan fingerprint density at radius 3 is 2.70 bits per heavy atom. The highest BCUT2D eigenvalue weighted by Gasteiger charge is 2.21. The molecule has 2 aromatic carbocycles. The normalized spacial score (nSPS) is 16.7. The van der Waals surface area contributed by atoms with Crippen LogP contribution < -0.4 is 14.9 Å². The van der Waals surface area contributed by atoms with Crippen molar-refractivity contribution in [3.8, 4) is 0 Å². The van der Waals surface area contributed by atoms with E-state index in [1.165, 1.54) is 4.31 Å². The number of ether oxygens (including phenoxy) is 1. The maximum absolute atomic E-state index is 12.9. The van der Waals surface area contributed by atoms with E-state index in [-0.39, 0.29) is 11.0 Å². The van der Waals surface area contributed by atoms with Crippen LogP contribution in [-0.4, -0.2) is 39.8 Å². The third-order valence-corrected chi connectivity index (χ3v) is 6.41. The van der Waals surface area contributed by atoms with Gasteiger partial charge in [-0.2, -0.15) is 0 Å². The largest absolute Gasteiger partial charge is 0.376 e. The summed E-state index contributed by atoms with van der Waals surface area (Å²) in [6.45, 7) is 1.43.